The minimum atomic E-state index is -0.753. The lowest BCUT2D eigenvalue weighted by atomic mass is 9.91. The van der Waals surface area contributed by atoms with Crippen molar-refractivity contribution in [1.29, 1.82) is 0 Å². The summed E-state index contributed by atoms with van der Waals surface area (Å²) in [5.74, 6) is -2.21. The van der Waals surface area contributed by atoms with Crippen molar-refractivity contribution in [2.45, 2.75) is 52.1 Å². The van der Waals surface area contributed by atoms with Gasteiger partial charge in [-0.05, 0) is 73.8 Å². The molecule has 0 spiro atoms. The predicted octanol–water partition coefficient (Wildman–Crippen LogP) is 4.14. The molecule has 2 aromatic rings. The normalized spacial score (nSPS) is 12.8. The van der Waals surface area contributed by atoms with E-state index in [2.05, 4.69) is 20.9 Å². The molecule has 1 amide bonds. The number of primary amides is 1. The molecule has 7 heteroatoms. The van der Waals surface area contributed by atoms with Crippen LogP contribution in [0.5, 0.6) is 0 Å². The van der Waals surface area contributed by atoms with E-state index in [4.69, 9.17) is 10.5 Å². The first-order valence-electron chi connectivity index (χ1n) is 8.26. The highest BCUT2D eigenvalue weighted by molar-refractivity contribution is 9.10. The number of fused-ring (bicyclic) bond motifs is 1. The van der Waals surface area contributed by atoms with Crippen LogP contribution in [0, 0.1) is 12.7 Å². The fourth-order valence-electron chi connectivity index (χ4n) is 2.71. The molecule has 1 atom stereocenters. The first-order chi connectivity index (χ1) is 12.0. The molecule has 0 aliphatic heterocycles. The van der Waals surface area contributed by atoms with Crippen molar-refractivity contribution in [3.8, 4) is 0 Å². The minimum absolute atomic E-state index is 0.0162. The zero-order valence-electron chi connectivity index (χ0n) is 15.2. The molecular formula is C19H22BrFN2O3. The van der Waals surface area contributed by atoms with Gasteiger partial charge in [0.15, 0.2) is 0 Å². The molecule has 2 N–H and O–H groups in total. The van der Waals surface area contributed by atoms with E-state index in [1.807, 2.05) is 0 Å². The van der Waals surface area contributed by atoms with Gasteiger partial charge in [0.05, 0.1) is 15.9 Å². The van der Waals surface area contributed by atoms with Gasteiger partial charge in [-0.25, -0.2) is 4.39 Å². The lowest BCUT2D eigenvalue weighted by Crippen LogP contribution is -2.29. The summed E-state index contributed by atoms with van der Waals surface area (Å²) in [6.45, 7) is 7.03. The molecule has 5 nitrogen and oxygen atoms in total. The number of hydrogen-bond acceptors (Lipinski definition) is 4. The molecule has 0 aliphatic carbocycles. The highest BCUT2D eigenvalue weighted by atomic mass is 79.9. The summed E-state index contributed by atoms with van der Waals surface area (Å²) < 4.78 is 20.3. The zero-order chi connectivity index (χ0) is 19.6. The maximum atomic E-state index is 14.5. The standard InChI is InChI=1S/C19H22BrFN2O3/c1-10-12(9-13-15(23-10)7-6-14(20)17(13)21)11(5-8-16(22)24)18(25)26-19(2,3)4/h6-7,9,11H,5,8H2,1-4H3,(H2,22,24). The summed E-state index contributed by atoms with van der Waals surface area (Å²) in [6, 6.07) is 4.89. The number of esters is 1. The summed E-state index contributed by atoms with van der Waals surface area (Å²) in [5.41, 5.74) is 6.17. The fourth-order valence-corrected chi connectivity index (χ4v) is 3.05. The Labute approximate surface area is 160 Å². The van der Waals surface area contributed by atoms with Gasteiger partial charge >= 0.3 is 5.97 Å². The Kier molecular flexibility index (Phi) is 6.01. The number of aromatic nitrogens is 1. The average Bonchev–Trinajstić information content (AvgIpc) is 2.50. The van der Waals surface area contributed by atoms with Crippen molar-refractivity contribution in [1.82, 2.24) is 4.98 Å². The highest BCUT2D eigenvalue weighted by Gasteiger charge is 2.29. The van der Waals surface area contributed by atoms with Crippen molar-refractivity contribution in [2.24, 2.45) is 5.73 Å². The second-order valence-electron chi connectivity index (χ2n) is 7.18. The first-order valence-corrected chi connectivity index (χ1v) is 9.05. The molecule has 0 saturated carbocycles. The van der Waals surface area contributed by atoms with Crippen LogP contribution in [0.25, 0.3) is 10.9 Å². The minimum Gasteiger partial charge on any atom is -0.459 e. The summed E-state index contributed by atoms with van der Waals surface area (Å²) >= 11 is 3.16. The number of amides is 1. The van der Waals surface area contributed by atoms with E-state index < -0.39 is 29.2 Å². The van der Waals surface area contributed by atoms with Crippen LogP contribution in [-0.4, -0.2) is 22.5 Å². The monoisotopic (exact) mass is 424 g/mol. The van der Waals surface area contributed by atoms with Gasteiger partial charge in [-0.15, -0.1) is 0 Å². The molecule has 26 heavy (non-hydrogen) atoms. The topological polar surface area (TPSA) is 82.3 Å². The third kappa shape index (κ3) is 4.78. The molecule has 2 rings (SSSR count). The van der Waals surface area contributed by atoms with Gasteiger partial charge < -0.3 is 10.5 Å². The second-order valence-corrected chi connectivity index (χ2v) is 8.04. The van der Waals surface area contributed by atoms with Gasteiger partial charge in [0.2, 0.25) is 5.91 Å². The Morgan fingerprint density at radius 3 is 2.58 bits per heavy atom. The molecule has 0 radical (unpaired) electrons. The van der Waals surface area contributed by atoms with Crippen molar-refractivity contribution in [2.75, 3.05) is 0 Å². The van der Waals surface area contributed by atoms with E-state index in [9.17, 15) is 14.0 Å². The number of ether oxygens (including phenoxy) is 1. The van der Waals surface area contributed by atoms with E-state index in [1.165, 1.54) is 0 Å². The molecule has 1 heterocycles. The Bertz CT molecular complexity index is 862. The Morgan fingerprint density at radius 2 is 2.00 bits per heavy atom. The molecule has 1 aromatic heterocycles. The number of rotatable bonds is 5. The van der Waals surface area contributed by atoms with E-state index in [-0.39, 0.29) is 12.8 Å². The van der Waals surface area contributed by atoms with Crippen LogP contribution >= 0.6 is 15.9 Å². The fraction of sp³-hybridized carbons (Fsp3) is 0.421. The lowest BCUT2D eigenvalue weighted by Gasteiger charge is -2.25. The van der Waals surface area contributed by atoms with Gasteiger partial charge in [-0.1, -0.05) is 0 Å². The third-order valence-corrected chi connectivity index (χ3v) is 4.47. The van der Waals surface area contributed by atoms with E-state index in [0.717, 1.165) is 0 Å². The van der Waals surface area contributed by atoms with Gasteiger partial charge in [0.25, 0.3) is 0 Å². The van der Waals surface area contributed by atoms with Crippen molar-refractivity contribution < 1.29 is 18.7 Å². The van der Waals surface area contributed by atoms with Crippen LogP contribution in [0.15, 0.2) is 22.7 Å². The molecule has 0 aliphatic rings. The Hall–Kier alpha value is -2.02. The van der Waals surface area contributed by atoms with Crippen LogP contribution in [0.3, 0.4) is 0 Å². The molecule has 1 aromatic carbocycles. The smallest absolute Gasteiger partial charge is 0.314 e. The van der Waals surface area contributed by atoms with Gasteiger partial charge in [0.1, 0.15) is 11.4 Å². The molecule has 0 fully saturated rings. The number of pyridine rings is 1. The third-order valence-electron chi connectivity index (χ3n) is 3.86. The van der Waals surface area contributed by atoms with Crippen LogP contribution in [0.1, 0.15) is 50.8 Å². The largest absolute Gasteiger partial charge is 0.459 e. The Morgan fingerprint density at radius 1 is 1.35 bits per heavy atom. The number of nitrogens with two attached hydrogens (primary N) is 1. The van der Waals surface area contributed by atoms with Gasteiger partial charge in [-0.3, -0.25) is 14.6 Å². The summed E-state index contributed by atoms with van der Waals surface area (Å²) in [4.78, 5) is 28.4. The highest BCUT2D eigenvalue weighted by Crippen LogP contribution is 2.32. The molecule has 1 unspecified atom stereocenters. The van der Waals surface area contributed by atoms with Crippen LogP contribution < -0.4 is 5.73 Å². The van der Waals surface area contributed by atoms with Gasteiger partial charge in [-0.2, -0.15) is 0 Å². The van der Waals surface area contributed by atoms with E-state index >= 15 is 0 Å². The molecular weight excluding hydrogens is 403 g/mol. The van der Waals surface area contributed by atoms with Crippen molar-refractivity contribution in [3.05, 3.63) is 39.7 Å². The lowest BCUT2D eigenvalue weighted by molar-refractivity contribution is -0.157. The van der Waals surface area contributed by atoms with Crippen molar-refractivity contribution in [3.63, 3.8) is 0 Å². The average molecular weight is 425 g/mol. The number of hydrogen-bond donors (Lipinski definition) is 1. The number of benzene rings is 1. The zero-order valence-corrected chi connectivity index (χ0v) is 16.8. The van der Waals surface area contributed by atoms with E-state index in [1.54, 1.807) is 45.9 Å². The molecule has 0 bridgehead atoms. The quantitative estimate of drug-likeness (QED) is 0.731. The number of halogens is 2. The maximum absolute atomic E-state index is 14.5. The second kappa shape index (κ2) is 7.70. The molecule has 140 valence electrons. The number of carbonyl (C=O) groups excluding carboxylic acids is 2. The first kappa shape index (κ1) is 20.3. The number of carbonyl (C=O) groups is 2. The number of nitrogens with zero attached hydrogens (tertiary/aromatic N) is 1. The van der Waals surface area contributed by atoms with Crippen LogP contribution in [0.4, 0.5) is 4.39 Å². The van der Waals surface area contributed by atoms with E-state index in [0.29, 0.717) is 26.6 Å². The summed E-state index contributed by atoms with van der Waals surface area (Å²) in [6.07, 6.45) is 0.191. The number of aryl methyl sites for hydroxylation is 1. The summed E-state index contributed by atoms with van der Waals surface area (Å²) in [5, 5.41) is 0.299. The molecule has 0 saturated heterocycles. The van der Waals surface area contributed by atoms with Crippen LogP contribution in [0.2, 0.25) is 0 Å². The SMILES string of the molecule is Cc1nc2ccc(Br)c(F)c2cc1C(CCC(N)=O)C(=O)OC(C)(C)C. The van der Waals surface area contributed by atoms with Crippen molar-refractivity contribution >= 4 is 38.7 Å². The predicted molar refractivity (Wildman–Crippen MR) is 101 cm³/mol. The Balaban J connectivity index is 2.55. The van der Waals surface area contributed by atoms with Gasteiger partial charge in [0, 0.05) is 17.5 Å². The van der Waals surface area contributed by atoms with Crippen LogP contribution in [-0.2, 0) is 14.3 Å². The maximum Gasteiger partial charge on any atom is 0.314 e. The summed E-state index contributed by atoms with van der Waals surface area (Å²) in [7, 11) is 0.